The van der Waals surface area contributed by atoms with Crippen molar-refractivity contribution in [3.8, 4) is 0 Å². The van der Waals surface area contributed by atoms with Crippen LogP contribution in [-0.4, -0.2) is 49.8 Å². The van der Waals surface area contributed by atoms with E-state index in [1.165, 1.54) is 12.6 Å². The van der Waals surface area contributed by atoms with Gasteiger partial charge in [0.2, 0.25) is 5.91 Å². The second-order valence-corrected chi connectivity index (χ2v) is 8.97. The number of nitrogens with one attached hydrogen (secondary N) is 2. The summed E-state index contributed by atoms with van der Waals surface area (Å²) in [6.07, 6.45) is 8.96. The SMILES string of the molecule is CC1(C(=O)NC2CCCC2)Cn2cnc(C(=O)NCc3ccco3)c2C(=O)N1C1CC1. The Morgan fingerprint density at radius 3 is 2.71 bits per heavy atom. The molecule has 31 heavy (non-hydrogen) atoms. The molecule has 3 aliphatic rings. The summed E-state index contributed by atoms with van der Waals surface area (Å²) in [6, 6.07) is 3.70. The van der Waals surface area contributed by atoms with Gasteiger partial charge in [-0.05, 0) is 44.7 Å². The summed E-state index contributed by atoms with van der Waals surface area (Å²) in [7, 11) is 0. The average molecular weight is 425 g/mol. The third kappa shape index (κ3) is 3.51. The van der Waals surface area contributed by atoms with Crippen LogP contribution in [0.15, 0.2) is 29.1 Å². The highest BCUT2D eigenvalue weighted by atomic mass is 16.3. The molecule has 0 radical (unpaired) electrons. The molecule has 9 nitrogen and oxygen atoms in total. The highest BCUT2D eigenvalue weighted by Crippen LogP contribution is 2.39. The first kappa shape index (κ1) is 19.8. The Labute approximate surface area is 180 Å². The topological polar surface area (TPSA) is 109 Å². The van der Waals surface area contributed by atoms with Crippen LogP contribution >= 0.6 is 0 Å². The zero-order valence-corrected chi connectivity index (χ0v) is 17.6. The first-order valence-corrected chi connectivity index (χ1v) is 11.0. The third-order valence-electron chi connectivity index (χ3n) is 6.58. The molecule has 2 saturated carbocycles. The minimum atomic E-state index is -1.00. The van der Waals surface area contributed by atoms with Gasteiger partial charge in [-0.2, -0.15) is 0 Å². The van der Waals surface area contributed by atoms with Gasteiger partial charge in [-0.1, -0.05) is 12.8 Å². The smallest absolute Gasteiger partial charge is 0.274 e. The Kier molecular flexibility index (Phi) is 4.83. The maximum atomic E-state index is 13.6. The predicted molar refractivity (Wildman–Crippen MR) is 110 cm³/mol. The van der Waals surface area contributed by atoms with Gasteiger partial charge in [0.05, 0.1) is 25.7 Å². The molecule has 3 amide bonds. The van der Waals surface area contributed by atoms with E-state index in [0.29, 0.717) is 5.76 Å². The largest absolute Gasteiger partial charge is 0.467 e. The van der Waals surface area contributed by atoms with Gasteiger partial charge in [-0.3, -0.25) is 14.4 Å². The van der Waals surface area contributed by atoms with Gasteiger partial charge in [0.1, 0.15) is 17.0 Å². The normalized spacial score (nSPS) is 23.6. The van der Waals surface area contributed by atoms with Gasteiger partial charge in [0.25, 0.3) is 11.8 Å². The van der Waals surface area contributed by atoms with Gasteiger partial charge in [0.15, 0.2) is 5.69 Å². The van der Waals surface area contributed by atoms with Crippen molar-refractivity contribution in [3.63, 3.8) is 0 Å². The van der Waals surface area contributed by atoms with Crippen LogP contribution in [-0.2, 0) is 17.9 Å². The highest BCUT2D eigenvalue weighted by Gasteiger charge is 2.54. The zero-order valence-electron chi connectivity index (χ0n) is 17.6. The van der Waals surface area contributed by atoms with Crippen LogP contribution in [0.2, 0.25) is 0 Å². The van der Waals surface area contributed by atoms with Crippen LogP contribution in [0.25, 0.3) is 0 Å². The van der Waals surface area contributed by atoms with Crippen molar-refractivity contribution in [1.29, 1.82) is 0 Å². The van der Waals surface area contributed by atoms with Crippen LogP contribution in [0.3, 0.4) is 0 Å². The van der Waals surface area contributed by atoms with Crippen LogP contribution in [0.1, 0.15) is 72.2 Å². The number of carbonyl (C=O) groups is 3. The van der Waals surface area contributed by atoms with Crippen molar-refractivity contribution >= 4 is 17.7 Å². The third-order valence-corrected chi connectivity index (χ3v) is 6.58. The summed E-state index contributed by atoms with van der Waals surface area (Å²) in [5, 5.41) is 5.91. The van der Waals surface area contributed by atoms with E-state index in [1.54, 1.807) is 21.6 Å². The molecule has 0 bridgehead atoms. The molecule has 1 atom stereocenters. The summed E-state index contributed by atoms with van der Waals surface area (Å²) < 4.78 is 6.89. The number of furan rings is 1. The fourth-order valence-corrected chi connectivity index (χ4v) is 4.80. The Hall–Kier alpha value is -3.10. The summed E-state index contributed by atoms with van der Waals surface area (Å²) in [6.45, 7) is 2.31. The molecule has 2 fully saturated rings. The molecule has 1 unspecified atom stereocenters. The molecule has 3 heterocycles. The molecule has 164 valence electrons. The Bertz CT molecular complexity index is 1000. The maximum absolute atomic E-state index is 13.6. The second-order valence-electron chi connectivity index (χ2n) is 8.97. The predicted octanol–water partition coefficient (Wildman–Crippen LogP) is 1.84. The monoisotopic (exact) mass is 425 g/mol. The van der Waals surface area contributed by atoms with E-state index in [-0.39, 0.29) is 48.4 Å². The van der Waals surface area contributed by atoms with Crippen LogP contribution < -0.4 is 10.6 Å². The molecule has 0 saturated heterocycles. The molecule has 1 aliphatic heterocycles. The Morgan fingerprint density at radius 1 is 1.26 bits per heavy atom. The highest BCUT2D eigenvalue weighted by molar-refractivity contribution is 6.07. The average Bonchev–Trinajstić information content (AvgIpc) is 3.17. The molecule has 0 spiro atoms. The minimum absolute atomic E-state index is 0.0227. The lowest BCUT2D eigenvalue weighted by atomic mass is 9.93. The quantitative estimate of drug-likeness (QED) is 0.734. The van der Waals surface area contributed by atoms with Gasteiger partial charge < -0.3 is 24.5 Å². The van der Waals surface area contributed by atoms with Gasteiger partial charge in [0, 0.05) is 12.1 Å². The molecule has 2 aliphatic carbocycles. The fraction of sp³-hybridized carbons (Fsp3) is 0.545. The number of fused-ring (bicyclic) bond motifs is 1. The number of carbonyl (C=O) groups excluding carboxylic acids is 3. The van der Waals surface area contributed by atoms with E-state index in [2.05, 4.69) is 15.6 Å². The van der Waals surface area contributed by atoms with E-state index >= 15 is 0 Å². The summed E-state index contributed by atoms with van der Waals surface area (Å²) >= 11 is 0. The van der Waals surface area contributed by atoms with E-state index < -0.39 is 11.4 Å². The Morgan fingerprint density at radius 2 is 2.03 bits per heavy atom. The molecule has 0 aromatic carbocycles. The van der Waals surface area contributed by atoms with Crippen molar-refractivity contribution < 1.29 is 18.8 Å². The summed E-state index contributed by atoms with van der Waals surface area (Å²) in [5.41, 5.74) is -0.674. The number of hydrogen-bond acceptors (Lipinski definition) is 5. The van der Waals surface area contributed by atoms with Crippen molar-refractivity contribution in [1.82, 2.24) is 25.1 Å². The fourth-order valence-electron chi connectivity index (χ4n) is 4.80. The number of hydrogen-bond donors (Lipinski definition) is 2. The number of aromatic nitrogens is 2. The standard InChI is InChI=1S/C22H27N5O4/c1-22(21(30)25-14-5-2-3-6-14)12-26-13-24-17(18(26)20(29)27(22)15-8-9-15)19(28)23-11-16-7-4-10-31-16/h4,7,10,13-15H,2-3,5-6,8-9,11-12H2,1H3,(H,23,28)(H,25,30). The minimum Gasteiger partial charge on any atom is -0.467 e. The summed E-state index contributed by atoms with van der Waals surface area (Å²) in [4.78, 5) is 45.6. The number of amides is 3. The van der Waals surface area contributed by atoms with Gasteiger partial charge >= 0.3 is 0 Å². The molecule has 5 rings (SSSR count). The summed E-state index contributed by atoms with van der Waals surface area (Å²) in [5.74, 6) is -0.252. The van der Waals surface area contributed by atoms with E-state index in [1.807, 2.05) is 6.92 Å². The number of nitrogens with zero attached hydrogens (tertiary/aromatic N) is 3. The van der Waals surface area contributed by atoms with Crippen molar-refractivity contribution in [3.05, 3.63) is 41.9 Å². The van der Waals surface area contributed by atoms with E-state index in [0.717, 1.165) is 38.5 Å². The lowest BCUT2D eigenvalue weighted by molar-refractivity contribution is -0.134. The lowest BCUT2D eigenvalue weighted by Gasteiger charge is -2.44. The van der Waals surface area contributed by atoms with Crippen LogP contribution in [0.5, 0.6) is 0 Å². The van der Waals surface area contributed by atoms with Gasteiger partial charge in [-0.15, -0.1) is 0 Å². The Balaban J connectivity index is 1.40. The first-order chi connectivity index (χ1) is 15.0. The molecule has 2 aromatic rings. The molecule has 9 heteroatoms. The van der Waals surface area contributed by atoms with Crippen molar-refractivity contribution in [2.45, 2.75) is 76.2 Å². The molecular weight excluding hydrogens is 398 g/mol. The van der Waals surface area contributed by atoms with Crippen LogP contribution in [0, 0.1) is 0 Å². The van der Waals surface area contributed by atoms with Gasteiger partial charge in [-0.25, -0.2) is 4.98 Å². The number of imidazole rings is 1. The number of rotatable bonds is 6. The first-order valence-electron chi connectivity index (χ1n) is 11.0. The molecule has 2 aromatic heterocycles. The maximum Gasteiger partial charge on any atom is 0.274 e. The lowest BCUT2D eigenvalue weighted by Crippen LogP contribution is -2.65. The zero-order chi connectivity index (χ0) is 21.6. The van der Waals surface area contributed by atoms with E-state index in [9.17, 15) is 14.4 Å². The van der Waals surface area contributed by atoms with Crippen LogP contribution in [0.4, 0.5) is 0 Å². The van der Waals surface area contributed by atoms with Crippen molar-refractivity contribution in [2.75, 3.05) is 0 Å². The van der Waals surface area contributed by atoms with Crippen molar-refractivity contribution in [2.24, 2.45) is 0 Å². The molecule has 2 N–H and O–H groups in total. The van der Waals surface area contributed by atoms with E-state index in [4.69, 9.17) is 4.42 Å². The second kappa shape index (κ2) is 7.55. The molecular formula is C22H27N5O4.